The van der Waals surface area contributed by atoms with Crippen LogP contribution in [0, 0.1) is 0 Å². The van der Waals surface area contributed by atoms with Gasteiger partial charge in [0, 0.05) is 13.1 Å². The van der Waals surface area contributed by atoms with E-state index in [4.69, 9.17) is 0 Å². The van der Waals surface area contributed by atoms with E-state index in [-0.39, 0.29) is 13.1 Å². The Morgan fingerprint density at radius 3 is 2.19 bits per heavy atom. The molecule has 1 aliphatic heterocycles. The first-order chi connectivity index (χ1) is 7.30. The molecule has 1 fully saturated rings. The monoisotopic (exact) mass is 253 g/mol. The summed E-state index contributed by atoms with van der Waals surface area (Å²) in [5.41, 5.74) is 0. The third kappa shape index (κ3) is 2.34. The quantitative estimate of drug-likeness (QED) is 0.559. The number of aliphatic hydroxyl groups is 2. The molecule has 0 amide bonds. The van der Waals surface area contributed by atoms with Crippen LogP contribution >= 0.6 is 0 Å². The zero-order valence-corrected chi connectivity index (χ0v) is 9.85. The van der Waals surface area contributed by atoms with Gasteiger partial charge < -0.3 is 14.9 Å². The normalized spacial score (nSPS) is 29.0. The molecule has 0 spiro atoms. The fourth-order valence-electron chi connectivity index (χ4n) is 1.45. The lowest BCUT2D eigenvalue weighted by atomic mass is 10.3. The Bertz CT molecular complexity index is 357. The van der Waals surface area contributed by atoms with Crippen LogP contribution in [0.15, 0.2) is 0 Å². The number of aliphatic hydroxyl groups excluding tert-OH is 2. The molecule has 3 unspecified atom stereocenters. The van der Waals surface area contributed by atoms with Crippen LogP contribution in [0.5, 0.6) is 0 Å². The molecule has 0 aromatic heterocycles. The van der Waals surface area contributed by atoms with Gasteiger partial charge in [-0.25, -0.2) is 8.42 Å². The van der Waals surface area contributed by atoms with Crippen LogP contribution in [-0.4, -0.2) is 66.6 Å². The van der Waals surface area contributed by atoms with Crippen molar-refractivity contribution in [2.24, 2.45) is 0 Å². The Labute approximate surface area is 93.7 Å². The number of β-amino-alcohol motifs (C(OH)–C–C–N with tert-alkyl or cyclic N) is 2. The van der Waals surface area contributed by atoms with Gasteiger partial charge in [-0.2, -0.15) is 4.31 Å². The summed E-state index contributed by atoms with van der Waals surface area (Å²) in [6.45, 7) is 0.800. The van der Waals surface area contributed by atoms with E-state index in [0.29, 0.717) is 0 Å². The van der Waals surface area contributed by atoms with E-state index in [1.165, 1.54) is 6.92 Å². The molecular formula is C8H15NO6S. The van der Waals surface area contributed by atoms with Gasteiger partial charge in [0.25, 0.3) is 0 Å². The number of nitrogens with zero attached hydrogens (tertiary/aromatic N) is 1. The molecule has 1 rings (SSSR count). The first kappa shape index (κ1) is 13.4. The fourth-order valence-corrected chi connectivity index (χ4v) is 2.96. The minimum Gasteiger partial charge on any atom is -0.468 e. The number of hydrogen-bond acceptors (Lipinski definition) is 6. The lowest BCUT2D eigenvalue weighted by Gasteiger charge is -2.19. The predicted octanol–water partition coefficient (Wildman–Crippen LogP) is -2.08. The van der Waals surface area contributed by atoms with Crippen LogP contribution in [0.3, 0.4) is 0 Å². The van der Waals surface area contributed by atoms with Crippen molar-refractivity contribution in [2.45, 2.75) is 24.4 Å². The molecule has 1 heterocycles. The van der Waals surface area contributed by atoms with E-state index >= 15 is 0 Å². The number of hydrogen-bond donors (Lipinski definition) is 2. The summed E-state index contributed by atoms with van der Waals surface area (Å²) >= 11 is 0. The molecule has 0 aromatic carbocycles. The van der Waals surface area contributed by atoms with Crippen LogP contribution in [-0.2, 0) is 19.6 Å². The number of sulfonamides is 1. The third-order valence-electron chi connectivity index (χ3n) is 2.57. The Morgan fingerprint density at radius 1 is 1.38 bits per heavy atom. The minimum atomic E-state index is -3.88. The molecule has 0 radical (unpaired) electrons. The van der Waals surface area contributed by atoms with Gasteiger partial charge in [-0.15, -0.1) is 0 Å². The van der Waals surface area contributed by atoms with Gasteiger partial charge in [0.05, 0.1) is 19.3 Å². The molecule has 16 heavy (non-hydrogen) atoms. The summed E-state index contributed by atoms with van der Waals surface area (Å²) in [5.74, 6) is -0.865. The zero-order valence-electron chi connectivity index (χ0n) is 9.03. The van der Waals surface area contributed by atoms with Crippen molar-refractivity contribution >= 4 is 16.0 Å². The van der Waals surface area contributed by atoms with E-state index in [0.717, 1.165) is 11.4 Å². The average Bonchev–Trinajstić information content (AvgIpc) is 2.57. The van der Waals surface area contributed by atoms with Crippen LogP contribution in [0.2, 0.25) is 0 Å². The van der Waals surface area contributed by atoms with Gasteiger partial charge in [0.1, 0.15) is 0 Å². The highest BCUT2D eigenvalue weighted by atomic mass is 32.2. The molecule has 0 aromatic rings. The van der Waals surface area contributed by atoms with Gasteiger partial charge in [0.2, 0.25) is 10.0 Å². The summed E-state index contributed by atoms with van der Waals surface area (Å²) in [7, 11) is -2.78. The van der Waals surface area contributed by atoms with Crippen molar-refractivity contribution in [3.05, 3.63) is 0 Å². The lowest BCUT2D eigenvalue weighted by molar-refractivity contribution is -0.139. The molecule has 0 saturated carbocycles. The molecule has 0 bridgehead atoms. The van der Waals surface area contributed by atoms with Crippen LogP contribution in [0.4, 0.5) is 0 Å². The lowest BCUT2D eigenvalue weighted by Crippen LogP contribution is -2.41. The molecule has 7 nitrogen and oxygen atoms in total. The molecule has 1 saturated heterocycles. The average molecular weight is 253 g/mol. The highest BCUT2D eigenvalue weighted by molar-refractivity contribution is 7.90. The second-order valence-electron chi connectivity index (χ2n) is 3.66. The first-order valence-electron chi connectivity index (χ1n) is 4.73. The van der Waals surface area contributed by atoms with Crippen LogP contribution in [0.25, 0.3) is 0 Å². The van der Waals surface area contributed by atoms with Crippen LogP contribution < -0.4 is 0 Å². The van der Waals surface area contributed by atoms with Gasteiger partial charge in [-0.1, -0.05) is 0 Å². The van der Waals surface area contributed by atoms with Gasteiger partial charge >= 0.3 is 5.97 Å². The number of rotatable bonds is 3. The smallest absolute Gasteiger partial charge is 0.325 e. The standard InChI is InChI=1S/C8H15NO6S/c1-5(8(12)15-2)16(13,14)9-3-6(10)7(11)4-9/h5-7,10-11H,3-4H2,1-2H3. The number of esters is 1. The second-order valence-corrected chi connectivity index (χ2v) is 5.92. The molecule has 94 valence electrons. The van der Waals surface area contributed by atoms with Gasteiger partial charge in [-0.3, -0.25) is 4.79 Å². The molecule has 0 aliphatic carbocycles. The minimum absolute atomic E-state index is 0.204. The molecular weight excluding hydrogens is 238 g/mol. The summed E-state index contributed by atoms with van der Waals surface area (Å²) in [4.78, 5) is 11.1. The summed E-state index contributed by atoms with van der Waals surface area (Å²) in [6.07, 6.45) is -2.22. The Hall–Kier alpha value is -0.700. The summed E-state index contributed by atoms with van der Waals surface area (Å²) in [6, 6.07) is 0. The summed E-state index contributed by atoms with van der Waals surface area (Å²) < 4.78 is 28.9. The largest absolute Gasteiger partial charge is 0.468 e. The first-order valence-corrected chi connectivity index (χ1v) is 6.24. The third-order valence-corrected chi connectivity index (χ3v) is 4.67. The number of carbonyl (C=O) groups is 1. The van der Waals surface area contributed by atoms with Crippen molar-refractivity contribution in [3.8, 4) is 0 Å². The summed E-state index contributed by atoms with van der Waals surface area (Å²) in [5, 5.41) is 17.1. The SMILES string of the molecule is COC(=O)C(C)S(=O)(=O)N1CC(O)C(O)C1. The molecule has 2 N–H and O–H groups in total. The zero-order chi connectivity index (χ0) is 12.5. The molecule has 1 aliphatic rings. The number of carbonyl (C=O) groups excluding carboxylic acids is 1. The van der Waals surface area contributed by atoms with Gasteiger partial charge in [-0.05, 0) is 6.92 Å². The van der Waals surface area contributed by atoms with Crippen molar-refractivity contribution in [3.63, 3.8) is 0 Å². The van der Waals surface area contributed by atoms with E-state index < -0.39 is 33.5 Å². The Morgan fingerprint density at radius 2 is 1.81 bits per heavy atom. The number of ether oxygens (including phenoxy) is 1. The number of methoxy groups -OCH3 is 1. The van der Waals surface area contributed by atoms with Crippen molar-refractivity contribution in [1.82, 2.24) is 4.31 Å². The maximum absolute atomic E-state index is 11.8. The highest BCUT2D eigenvalue weighted by Crippen LogP contribution is 2.18. The van der Waals surface area contributed by atoms with E-state index in [1.54, 1.807) is 0 Å². The molecule has 3 atom stereocenters. The topological polar surface area (TPSA) is 104 Å². The fraction of sp³-hybridized carbons (Fsp3) is 0.875. The Balaban J connectivity index is 2.83. The van der Waals surface area contributed by atoms with Crippen molar-refractivity contribution < 1.29 is 28.2 Å². The van der Waals surface area contributed by atoms with E-state index in [2.05, 4.69) is 4.74 Å². The van der Waals surface area contributed by atoms with E-state index in [9.17, 15) is 23.4 Å². The van der Waals surface area contributed by atoms with Crippen molar-refractivity contribution in [1.29, 1.82) is 0 Å². The van der Waals surface area contributed by atoms with Gasteiger partial charge in [0.15, 0.2) is 5.25 Å². The van der Waals surface area contributed by atoms with E-state index in [1.807, 2.05) is 0 Å². The highest BCUT2D eigenvalue weighted by Gasteiger charge is 2.41. The maximum Gasteiger partial charge on any atom is 0.325 e. The Kier molecular flexibility index (Phi) is 3.89. The van der Waals surface area contributed by atoms with Crippen molar-refractivity contribution in [2.75, 3.05) is 20.2 Å². The second kappa shape index (κ2) is 4.66. The van der Waals surface area contributed by atoms with Crippen LogP contribution in [0.1, 0.15) is 6.92 Å². The molecule has 8 heteroatoms. The maximum atomic E-state index is 11.8. The predicted molar refractivity (Wildman–Crippen MR) is 54.0 cm³/mol.